The minimum absolute atomic E-state index is 0.149. The Labute approximate surface area is 114 Å². The highest BCUT2D eigenvalue weighted by Gasteiger charge is 2.23. The van der Waals surface area contributed by atoms with Gasteiger partial charge in [0, 0.05) is 29.4 Å². The van der Waals surface area contributed by atoms with Crippen LogP contribution in [0.15, 0.2) is 11.4 Å². The molecule has 1 aliphatic rings. The third kappa shape index (κ3) is 3.35. The van der Waals surface area contributed by atoms with E-state index in [0.29, 0.717) is 6.42 Å². The maximum atomic E-state index is 8.75. The fourth-order valence-electron chi connectivity index (χ4n) is 2.54. The number of likely N-dealkylation sites (tertiary alicyclic amines) is 1. The Hall–Kier alpha value is -0.820. The Balaban J connectivity index is 2.01. The molecule has 2 rings (SSSR count). The first-order valence-electron chi connectivity index (χ1n) is 6.75. The lowest BCUT2D eigenvalue weighted by atomic mass is 10.1. The Morgan fingerprint density at radius 1 is 1.56 bits per heavy atom. The van der Waals surface area contributed by atoms with Gasteiger partial charge in [0.1, 0.15) is 0 Å². The zero-order valence-electron chi connectivity index (χ0n) is 11.0. The summed E-state index contributed by atoms with van der Waals surface area (Å²) in [4.78, 5) is 3.96. The van der Waals surface area contributed by atoms with Crippen LogP contribution >= 0.6 is 11.3 Å². The van der Waals surface area contributed by atoms with Crippen molar-refractivity contribution in [2.45, 2.75) is 45.2 Å². The van der Waals surface area contributed by atoms with Gasteiger partial charge >= 0.3 is 0 Å². The van der Waals surface area contributed by atoms with Gasteiger partial charge in [-0.1, -0.05) is 18.8 Å². The van der Waals surface area contributed by atoms with Crippen molar-refractivity contribution in [3.63, 3.8) is 0 Å². The predicted octanol–water partition coefficient (Wildman–Crippen LogP) is 2.86. The van der Waals surface area contributed by atoms with Gasteiger partial charge in [-0.25, -0.2) is 0 Å². The Bertz CT molecular complexity index is 429. The van der Waals surface area contributed by atoms with Gasteiger partial charge in [-0.15, -0.1) is 11.3 Å². The van der Waals surface area contributed by atoms with E-state index in [1.165, 1.54) is 30.7 Å². The molecule has 2 nitrogen and oxygen atoms in total. The molecule has 0 radical (unpaired) electrons. The van der Waals surface area contributed by atoms with Crippen molar-refractivity contribution in [2.24, 2.45) is 0 Å². The van der Waals surface area contributed by atoms with Crippen LogP contribution in [0.5, 0.6) is 0 Å². The molecule has 18 heavy (non-hydrogen) atoms. The van der Waals surface area contributed by atoms with E-state index < -0.39 is 0 Å². The number of thiophene rings is 1. The molecular weight excluding hydrogens is 242 g/mol. The van der Waals surface area contributed by atoms with Crippen molar-refractivity contribution in [1.29, 1.82) is 0 Å². The SMILES string of the molecule is CCC1CCCN1Cc1sccc1C#CCCO. The highest BCUT2D eigenvalue weighted by molar-refractivity contribution is 7.10. The summed E-state index contributed by atoms with van der Waals surface area (Å²) in [6.45, 7) is 4.69. The topological polar surface area (TPSA) is 23.5 Å². The van der Waals surface area contributed by atoms with Crippen LogP contribution in [-0.4, -0.2) is 29.2 Å². The number of aliphatic hydroxyl groups excluding tert-OH is 1. The van der Waals surface area contributed by atoms with Gasteiger partial charge in [0.15, 0.2) is 0 Å². The molecule has 1 fully saturated rings. The molecule has 0 spiro atoms. The fraction of sp³-hybridized carbons (Fsp3) is 0.600. The summed E-state index contributed by atoms with van der Waals surface area (Å²) in [6, 6.07) is 2.85. The molecule has 1 saturated heterocycles. The number of rotatable bonds is 4. The highest BCUT2D eigenvalue weighted by Crippen LogP contribution is 2.25. The van der Waals surface area contributed by atoms with Gasteiger partial charge in [-0.05, 0) is 37.3 Å². The summed E-state index contributed by atoms with van der Waals surface area (Å²) >= 11 is 1.80. The first-order chi connectivity index (χ1) is 8.85. The maximum absolute atomic E-state index is 8.75. The van der Waals surface area contributed by atoms with Gasteiger partial charge in [0.2, 0.25) is 0 Å². The molecule has 1 atom stereocenters. The van der Waals surface area contributed by atoms with Gasteiger partial charge in [-0.2, -0.15) is 0 Å². The molecule has 2 heterocycles. The molecule has 0 aromatic carbocycles. The van der Waals surface area contributed by atoms with Crippen LogP contribution in [0.2, 0.25) is 0 Å². The molecule has 1 N–H and O–H groups in total. The number of nitrogens with zero attached hydrogens (tertiary/aromatic N) is 1. The van der Waals surface area contributed by atoms with Crippen LogP contribution in [0.4, 0.5) is 0 Å². The average Bonchev–Trinajstić information content (AvgIpc) is 3.00. The molecule has 1 aromatic heterocycles. The Morgan fingerprint density at radius 3 is 3.22 bits per heavy atom. The maximum Gasteiger partial charge on any atom is 0.0540 e. The molecule has 0 bridgehead atoms. The lowest BCUT2D eigenvalue weighted by molar-refractivity contribution is 0.242. The van der Waals surface area contributed by atoms with Crippen molar-refractivity contribution >= 4 is 11.3 Å². The summed E-state index contributed by atoms with van der Waals surface area (Å²) in [5, 5.41) is 10.9. The van der Waals surface area contributed by atoms with Gasteiger partial charge in [-0.3, -0.25) is 4.90 Å². The molecule has 1 aromatic rings. The first kappa shape index (κ1) is 13.6. The summed E-state index contributed by atoms with van der Waals surface area (Å²) < 4.78 is 0. The van der Waals surface area contributed by atoms with E-state index in [0.717, 1.165) is 18.2 Å². The van der Waals surface area contributed by atoms with Crippen LogP contribution in [0, 0.1) is 11.8 Å². The second kappa shape index (κ2) is 6.94. The van der Waals surface area contributed by atoms with Crippen molar-refractivity contribution in [1.82, 2.24) is 4.90 Å². The van der Waals surface area contributed by atoms with Crippen molar-refractivity contribution in [3.8, 4) is 11.8 Å². The van der Waals surface area contributed by atoms with Crippen LogP contribution in [0.25, 0.3) is 0 Å². The van der Waals surface area contributed by atoms with Crippen molar-refractivity contribution < 1.29 is 5.11 Å². The van der Waals surface area contributed by atoms with Crippen molar-refractivity contribution in [3.05, 3.63) is 21.9 Å². The van der Waals surface area contributed by atoms with Gasteiger partial charge in [0.05, 0.1) is 6.61 Å². The number of hydrogen-bond acceptors (Lipinski definition) is 3. The third-order valence-corrected chi connectivity index (χ3v) is 4.43. The third-order valence-electron chi connectivity index (χ3n) is 3.52. The quantitative estimate of drug-likeness (QED) is 0.844. The van der Waals surface area contributed by atoms with Gasteiger partial charge < -0.3 is 5.11 Å². The Morgan fingerprint density at radius 2 is 2.44 bits per heavy atom. The molecule has 0 amide bonds. The summed E-state index contributed by atoms with van der Waals surface area (Å²) in [6.07, 6.45) is 4.48. The first-order valence-corrected chi connectivity index (χ1v) is 7.63. The summed E-state index contributed by atoms with van der Waals surface area (Å²) in [5.74, 6) is 6.19. The zero-order chi connectivity index (χ0) is 12.8. The summed E-state index contributed by atoms with van der Waals surface area (Å²) in [5.41, 5.74) is 1.15. The van der Waals surface area contributed by atoms with Crippen molar-refractivity contribution in [2.75, 3.05) is 13.2 Å². The monoisotopic (exact) mass is 263 g/mol. The lowest BCUT2D eigenvalue weighted by Gasteiger charge is -2.22. The van der Waals surface area contributed by atoms with Crippen LogP contribution in [0.1, 0.15) is 43.0 Å². The fourth-order valence-corrected chi connectivity index (χ4v) is 3.39. The largest absolute Gasteiger partial charge is 0.395 e. The molecule has 1 aliphatic heterocycles. The smallest absolute Gasteiger partial charge is 0.0540 e. The standard InChI is InChI=1S/C15H21NOS/c1-2-14-7-5-9-16(14)12-15-13(8-11-18-15)6-3-4-10-17/h8,11,14,17H,2,4-5,7,9-10,12H2,1H3. The van der Waals surface area contributed by atoms with E-state index in [2.05, 4.69) is 35.1 Å². The Kier molecular flexibility index (Phi) is 5.25. The lowest BCUT2D eigenvalue weighted by Crippen LogP contribution is -2.28. The van der Waals surface area contributed by atoms with E-state index in [4.69, 9.17) is 5.11 Å². The predicted molar refractivity (Wildman–Crippen MR) is 76.6 cm³/mol. The molecule has 3 heteroatoms. The second-order valence-corrected chi connectivity index (χ2v) is 5.71. The zero-order valence-corrected chi connectivity index (χ0v) is 11.8. The number of aliphatic hydroxyl groups is 1. The average molecular weight is 263 g/mol. The van der Waals surface area contributed by atoms with Crippen LogP contribution in [-0.2, 0) is 6.54 Å². The minimum atomic E-state index is 0.149. The molecule has 0 aliphatic carbocycles. The highest BCUT2D eigenvalue weighted by atomic mass is 32.1. The molecular formula is C15H21NOS. The number of hydrogen-bond donors (Lipinski definition) is 1. The minimum Gasteiger partial charge on any atom is -0.395 e. The van der Waals surface area contributed by atoms with Crippen LogP contribution in [0.3, 0.4) is 0 Å². The molecule has 0 saturated carbocycles. The van der Waals surface area contributed by atoms with E-state index in [1.807, 2.05) is 0 Å². The van der Waals surface area contributed by atoms with E-state index in [-0.39, 0.29) is 6.61 Å². The van der Waals surface area contributed by atoms with E-state index >= 15 is 0 Å². The van der Waals surface area contributed by atoms with E-state index in [1.54, 1.807) is 11.3 Å². The summed E-state index contributed by atoms with van der Waals surface area (Å²) in [7, 11) is 0. The second-order valence-electron chi connectivity index (χ2n) is 4.71. The molecule has 98 valence electrons. The van der Waals surface area contributed by atoms with Crippen LogP contribution < -0.4 is 0 Å². The normalized spacial score (nSPS) is 19.8. The molecule has 1 unspecified atom stereocenters. The van der Waals surface area contributed by atoms with Gasteiger partial charge in [0.25, 0.3) is 0 Å². The van der Waals surface area contributed by atoms with E-state index in [9.17, 15) is 0 Å².